The van der Waals surface area contributed by atoms with Gasteiger partial charge in [-0.05, 0) is 29.3 Å². The highest BCUT2D eigenvalue weighted by Gasteiger charge is 2.08. The molecule has 1 aromatic heterocycles. The van der Waals surface area contributed by atoms with Crippen molar-refractivity contribution in [1.82, 2.24) is 9.97 Å². The lowest BCUT2D eigenvalue weighted by Gasteiger charge is -2.22. The molecule has 0 aromatic carbocycles. The van der Waals surface area contributed by atoms with Crippen molar-refractivity contribution in [3.8, 4) is 0 Å². The fraction of sp³-hybridized carbons (Fsp3) is 0.600. The molecule has 0 bridgehead atoms. The molecule has 1 heterocycles. The van der Waals surface area contributed by atoms with Gasteiger partial charge in [0.1, 0.15) is 16.2 Å². The Balaban J connectivity index is 2.88. The molecule has 0 atom stereocenters. The number of rotatable bonds is 5. The van der Waals surface area contributed by atoms with E-state index in [1.54, 1.807) is 0 Å². The van der Waals surface area contributed by atoms with Crippen LogP contribution in [0.3, 0.4) is 0 Å². The van der Waals surface area contributed by atoms with Gasteiger partial charge in [0.15, 0.2) is 0 Å². The maximum atomic E-state index is 8.97. The summed E-state index contributed by atoms with van der Waals surface area (Å²) in [6.07, 6.45) is 1.03. The van der Waals surface area contributed by atoms with Gasteiger partial charge < -0.3 is 10.0 Å². The van der Waals surface area contributed by atoms with Gasteiger partial charge in [0.25, 0.3) is 0 Å². The van der Waals surface area contributed by atoms with Crippen LogP contribution in [0.15, 0.2) is 10.7 Å². The zero-order chi connectivity index (χ0) is 11.3. The van der Waals surface area contributed by atoms with Gasteiger partial charge in [-0.25, -0.2) is 9.97 Å². The number of aliphatic hydroxyl groups is 1. The number of hydrogen-bond acceptors (Lipinski definition) is 4. The van der Waals surface area contributed by atoms with E-state index >= 15 is 0 Å². The number of halogens is 1. The summed E-state index contributed by atoms with van der Waals surface area (Å²) < 4.78 is 0.782. The predicted molar refractivity (Wildman–Crippen MR) is 64.1 cm³/mol. The highest BCUT2D eigenvalue weighted by atomic mass is 79.9. The Morgan fingerprint density at radius 2 is 2.13 bits per heavy atom. The number of anilines is 1. The van der Waals surface area contributed by atoms with Crippen molar-refractivity contribution in [3.63, 3.8) is 0 Å². The van der Waals surface area contributed by atoms with Crippen LogP contribution in [0.2, 0.25) is 0 Å². The van der Waals surface area contributed by atoms with Crippen LogP contribution in [0.5, 0.6) is 0 Å². The van der Waals surface area contributed by atoms with Crippen LogP contribution in [0.1, 0.15) is 19.2 Å². The molecule has 0 saturated heterocycles. The first-order chi connectivity index (χ1) is 7.17. The number of hydrogen-bond donors (Lipinski definition) is 1. The summed E-state index contributed by atoms with van der Waals surface area (Å²) in [5, 5.41) is 8.97. The summed E-state index contributed by atoms with van der Waals surface area (Å²) in [6, 6.07) is 1.87. The predicted octanol–water partition coefficient (Wildman–Crippen LogP) is 1.76. The normalized spacial score (nSPS) is 10.4. The number of nitrogens with zero attached hydrogens (tertiary/aromatic N) is 3. The Kier molecular flexibility index (Phi) is 4.98. The van der Waals surface area contributed by atoms with Crippen molar-refractivity contribution < 1.29 is 5.11 Å². The van der Waals surface area contributed by atoms with E-state index in [1.165, 1.54) is 0 Å². The van der Waals surface area contributed by atoms with Gasteiger partial charge in [0.05, 0.1) is 6.61 Å². The zero-order valence-electron chi connectivity index (χ0n) is 9.07. The average Bonchev–Trinajstić information content (AvgIpc) is 2.16. The fourth-order valence-electron chi connectivity index (χ4n) is 1.41. The van der Waals surface area contributed by atoms with E-state index in [0.29, 0.717) is 6.54 Å². The Labute approximate surface area is 98.5 Å². The highest BCUT2D eigenvalue weighted by Crippen LogP contribution is 2.16. The molecule has 0 amide bonds. The first-order valence-electron chi connectivity index (χ1n) is 5.04. The molecule has 0 aliphatic carbocycles. The van der Waals surface area contributed by atoms with Gasteiger partial charge in [-0.1, -0.05) is 6.92 Å². The molecule has 15 heavy (non-hydrogen) atoms. The minimum absolute atomic E-state index is 0.140. The second-order valence-electron chi connectivity index (χ2n) is 3.31. The quantitative estimate of drug-likeness (QED) is 0.831. The third kappa shape index (κ3) is 3.76. The van der Waals surface area contributed by atoms with Gasteiger partial charge in [-0.15, -0.1) is 0 Å². The average molecular weight is 274 g/mol. The van der Waals surface area contributed by atoms with Crippen molar-refractivity contribution >= 4 is 21.7 Å². The lowest BCUT2D eigenvalue weighted by Crippen LogP contribution is -2.28. The third-order valence-electron chi connectivity index (χ3n) is 1.98. The summed E-state index contributed by atoms with van der Waals surface area (Å²) in [7, 11) is 0. The summed E-state index contributed by atoms with van der Waals surface area (Å²) in [4.78, 5) is 10.6. The first-order valence-corrected chi connectivity index (χ1v) is 5.83. The molecule has 0 fully saturated rings. The minimum atomic E-state index is 0.140. The van der Waals surface area contributed by atoms with Crippen molar-refractivity contribution in [2.24, 2.45) is 0 Å². The Morgan fingerprint density at radius 1 is 1.40 bits per heavy atom. The largest absolute Gasteiger partial charge is 0.395 e. The van der Waals surface area contributed by atoms with Crippen molar-refractivity contribution in [3.05, 3.63) is 16.5 Å². The smallest absolute Gasteiger partial charge is 0.133 e. The molecule has 1 N–H and O–H groups in total. The van der Waals surface area contributed by atoms with E-state index < -0.39 is 0 Å². The van der Waals surface area contributed by atoms with Crippen molar-refractivity contribution in [1.29, 1.82) is 0 Å². The van der Waals surface area contributed by atoms with E-state index in [0.717, 1.165) is 29.2 Å². The molecule has 0 saturated carbocycles. The molecule has 0 aliphatic heterocycles. The van der Waals surface area contributed by atoms with Gasteiger partial charge in [-0.3, -0.25) is 0 Å². The van der Waals surface area contributed by atoms with E-state index in [-0.39, 0.29) is 6.61 Å². The molecule has 0 aliphatic rings. The summed E-state index contributed by atoms with van der Waals surface area (Å²) in [5.74, 6) is 1.60. The van der Waals surface area contributed by atoms with E-state index in [2.05, 4.69) is 37.7 Å². The SMILES string of the molecule is CCCN(CCO)c1cc(Br)nc(C)n1. The second kappa shape index (κ2) is 6.02. The van der Waals surface area contributed by atoms with Crippen LogP contribution in [0.4, 0.5) is 5.82 Å². The minimum Gasteiger partial charge on any atom is -0.395 e. The van der Waals surface area contributed by atoms with Crippen LogP contribution in [-0.4, -0.2) is 34.8 Å². The van der Waals surface area contributed by atoms with Gasteiger partial charge in [0, 0.05) is 19.2 Å². The fourth-order valence-corrected chi connectivity index (χ4v) is 1.87. The Morgan fingerprint density at radius 3 is 2.67 bits per heavy atom. The van der Waals surface area contributed by atoms with E-state index in [1.807, 2.05) is 13.0 Å². The first kappa shape index (κ1) is 12.4. The summed E-state index contributed by atoms with van der Waals surface area (Å²) in [6.45, 7) is 5.60. The molecular formula is C10H16BrN3O. The molecular weight excluding hydrogens is 258 g/mol. The lowest BCUT2D eigenvalue weighted by molar-refractivity contribution is 0.301. The molecule has 0 radical (unpaired) electrons. The third-order valence-corrected chi connectivity index (χ3v) is 2.39. The maximum Gasteiger partial charge on any atom is 0.133 e. The van der Waals surface area contributed by atoms with Crippen LogP contribution in [0, 0.1) is 6.92 Å². The molecule has 0 spiro atoms. The molecule has 0 unspecified atom stereocenters. The highest BCUT2D eigenvalue weighted by molar-refractivity contribution is 9.10. The molecule has 5 heteroatoms. The van der Waals surface area contributed by atoms with Gasteiger partial charge in [0.2, 0.25) is 0 Å². The van der Waals surface area contributed by atoms with Gasteiger partial charge in [-0.2, -0.15) is 0 Å². The number of aryl methyl sites for hydroxylation is 1. The maximum absolute atomic E-state index is 8.97. The van der Waals surface area contributed by atoms with E-state index in [4.69, 9.17) is 5.11 Å². The lowest BCUT2D eigenvalue weighted by atomic mass is 10.4. The Hall–Kier alpha value is -0.680. The van der Waals surface area contributed by atoms with E-state index in [9.17, 15) is 0 Å². The van der Waals surface area contributed by atoms with Gasteiger partial charge >= 0.3 is 0 Å². The van der Waals surface area contributed by atoms with Crippen LogP contribution >= 0.6 is 15.9 Å². The standard InChI is InChI=1S/C10H16BrN3O/c1-3-4-14(5-6-15)10-7-9(11)12-8(2)13-10/h7,15H,3-6H2,1-2H3. The molecule has 4 nitrogen and oxygen atoms in total. The molecule has 1 aromatic rings. The molecule has 1 rings (SSSR count). The second-order valence-corrected chi connectivity index (χ2v) is 4.12. The van der Waals surface area contributed by atoms with Crippen molar-refractivity contribution in [2.45, 2.75) is 20.3 Å². The topological polar surface area (TPSA) is 49.2 Å². The van der Waals surface area contributed by atoms with Crippen molar-refractivity contribution in [2.75, 3.05) is 24.6 Å². The number of aliphatic hydroxyl groups excluding tert-OH is 1. The van der Waals surface area contributed by atoms with Crippen LogP contribution in [-0.2, 0) is 0 Å². The van der Waals surface area contributed by atoms with Crippen LogP contribution < -0.4 is 4.90 Å². The Bertz CT molecular complexity index is 293. The summed E-state index contributed by atoms with van der Waals surface area (Å²) >= 11 is 3.34. The summed E-state index contributed by atoms with van der Waals surface area (Å²) in [5.41, 5.74) is 0. The molecule has 84 valence electrons. The number of aromatic nitrogens is 2. The zero-order valence-corrected chi connectivity index (χ0v) is 10.7. The van der Waals surface area contributed by atoms with Crippen LogP contribution in [0.25, 0.3) is 0 Å². The monoisotopic (exact) mass is 273 g/mol.